The smallest absolute Gasteiger partial charge is 0.296 e. The molecule has 1 saturated heterocycles. The fourth-order valence-corrected chi connectivity index (χ4v) is 3.72. The Labute approximate surface area is 144 Å². The number of nitro benzene ring substituents is 1. The lowest BCUT2D eigenvalue weighted by atomic mass is 10.0. The molecule has 0 spiro atoms. The molecule has 11 heteroatoms. The Balaban J connectivity index is 2.11. The number of nitrogens with zero attached hydrogens (tertiary/aromatic N) is 3. The summed E-state index contributed by atoms with van der Waals surface area (Å²) < 4.78 is 30.5. The van der Waals surface area contributed by atoms with Crippen molar-refractivity contribution in [2.75, 3.05) is 25.1 Å². The van der Waals surface area contributed by atoms with Crippen LogP contribution in [-0.4, -0.2) is 42.7 Å². The third kappa shape index (κ3) is 3.43. The largest absolute Gasteiger partial charge is 0.381 e. The third-order valence-electron chi connectivity index (χ3n) is 4.34. The summed E-state index contributed by atoms with van der Waals surface area (Å²) in [6, 6.07) is 0.969. The van der Waals surface area contributed by atoms with Crippen LogP contribution in [0.1, 0.15) is 12.8 Å². The van der Waals surface area contributed by atoms with Gasteiger partial charge >= 0.3 is 0 Å². The van der Waals surface area contributed by atoms with E-state index < -0.39 is 14.9 Å². The number of rotatable bonds is 5. The predicted octanol–water partition coefficient (Wildman–Crippen LogP) is 0.967. The highest BCUT2D eigenvalue weighted by Gasteiger charge is 2.28. The molecule has 1 aromatic carbocycles. The second kappa shape index (κ2) is 6.58. The lowest BCUT2D eigenvalue weighted by Gasteiger charge is -2.23. The molecule has 0 amide bonds. The number of aryl methyl sites for hydroxylation is 1. The Hall–Kier alpha value is -2.24. The molecule has 2 heterocycles. The van der Waals surface area contributed by atoms with Gasteiger partial charge in [0.15, 0.2) is 0 Å². The predicted molar refractivity (Wildman–Crippen MR) is 90.8 cm³/mol. The first-order chi connectivity index (χ1) is 11.8. The van der Waals surface area contributed by atoms with Crippen molar-refractivity contribution >= 4 is 32.4 Å². The molecule has 10 nitrogen and oxygen atoms in total. The molecule has 3 N–H and O–H groups in total. The minimum atomic E-state index is -4.15. The summed E-state index contributed by atoms with van der Waals surface area (Å²) in [6.07, 6.45) is 3.14. The first-order valence-corrected chi connectivity index (χ1v) is 9.30. The summed E-state index contributed by atoms with van der Waals surface area (Å²) >= 11 is 0. The maximum absolute atomic E-state index is 11.8. The third-order valence-corrected chi connectivity index (χ3v) is 5.27. The van der Waals surface area contributed by atoms with Crippen molar-refractivity contribution in [3.63, 3.8) is 0 Å². The van der Waals surface area contributed by atoms with Crippen LogP contribution >= 0.6 is 0 Å². The number of hydrogen-bond acceptors (Lipinski definition) is 7. The van der Waals surface area contributed by atoms with Crippen molar-refractivity contribution in [2.45, 2.75) is 17.7 Å². The molecule has 0 bridgehead atoms. The average Bonchev–Trinajstić information content (AvgIpc) is 2.94. The summed E-state index contributed by atoms with van der Waals surface area (Å²) in [7, 11) is -2.50. The minimum Gasteiger partial charge on any atom is -0.381 e. The van der Waals surface area contributed by atoms with E-state index in [1.807, 2.05) is 0 Å². The lowest BCUT2D eigenvalue weighted by Crippen LogP contribution is -2.23. The number of primary sulfonamides is 1. The van der Waals surface area contributed by atoms with Crippen LogP contribution in [0.2, 0.25) is 0 Å². The van der Waals surface area contributed by atoms with Gasteiger partial charge in [-0.05, 0) is 18.8 Å². The number of nitrogens with two attached hydrogens (primary N) is 1. The van der Waals surface area contributed by atoms with Gasteiger partial charge in [-0.3, -0.25) is 10.1 Å². The van der Waals surface area contributed by atoms with Crippen molar-refractivity contribution in [2.24, 2.45) is 18.1 Å². The number of hydrogen-bond donors (Lipinski definition) is 2. The highest BCUT2D eigenvalue weighted by Crippen LogP contribution is 2.37. The van der Waals surface area contributed by atoms with E-state index in [1.165, 1.54) is 6.33 Å². The molecule has 3 rings (SSSR count). The number of nitro groups is 1. The van der Waals surface area contributed by atoms with Gasteiger partial charge in [0, 0.05) is 32.9 Å². The standard InChI is InChI=1S/C14H19N5O5S/c1-18-8-17-13-11(25(15,22)23)6-10(19(20)21)12(14(13)18)16-7-9-2-4-24-5-3-9/h6,8-9,16H,2-5,7H2,1H3,(H2,15,22,23). The molecule has 25 heavy (non-hydrogen) atoms. The van der Waals surface area contributed by atoms with Crippen molar-refractivity contribution < 1.29 is 18.1 Å². The van der Waals surface area contributed by atoms with Crippen LogP contribution in [0.4, 0.5) is 11.4 Å². The Morgan fingerprint density at radius 2 is 2.16 bits per heavy atom. The quantitative estimate of drug-likeness (QED) is 0.590. The second-order valence-corrected chi connectivity index (χ2v) is 7.59. The molecule has 0 saturated carbocycles. The van der Waals surface area contributed by atoms with Gasteiger partial charge in [0.1, 0.15) is 16.1 Å². The number of benzene rings is 1. The minimum absolute atomic E-state index is 0.116. The van der Waals surface area contributed by atoms with Crippen LogP contribution in [0.5, 0.6) is 0 Å². The Kier molecular flexibility index (Phi) is 4.62. The average molecular weight is 369 g/mol. The number of aromatic nitrogens is 2. The van der Waals surface area contributed by atoms with Crippen LogP contribution in [0.25, 0.3) is 11.0 Å². The fourth-order valence-electron chi connectivity index (χ4n) is 3.02. The van der Waals surface area contributed by atoms with Crippen molar-refractivity contribution in [1.29, 1.82) is 0 Å². The second-order valence-electron chi connectivity index (χ2n) is 6.06. The van der Waals surface area contributed by atoms with E-state index in [-0.39, 0.29) is 21.8 Å². The van der Waals surface area contributed by atoms with Gasteiger partial charge in [0.2, 0.25) is 10.0 Å². The highest BCUT2D eigenvalue weighted by molar-refractivity contribution is 7.89. The van der Waals surface area contributed by atoms with Crippen molar-refractivity contribution in [3.8, 4) is 0 Å². The van der Waals surface area contributed by atoms with E-state index in [0.717, 1.165) is 18.9 Å². The molecule has 0 aliphatic carbocycles. The van der Waals surface area contributed by atoms with Gasteiger partial charge in [-0.15, -0.1) is 0 Å². The summed E-state index contributed by atoms with van der Waals surface area (Å²) in [5.74, 6) is 0.328. The Bertz CT molecular complexity index is 917. The molecule has 136 valence electrons. The zero-order valence-electron chi connectivity index (χ0n) is 13.6. The zero-order valence-corrected chi connectivity index (χ0v) is 14.5. The first kappa shape index (κ1) is 17.6. The molecule has 1 fully saturated rings. The monoisotopic (exact) mass is 369 g/mol. The number of sulfonamides is 1. The first-order valence-electron chi connectivity index (χ1n) is 7.76. The molecule has 0 atom stereocenters. The van der Waals surface area contributed by atoms with E-state index in [4.69, 9.17) is 9.88 Å². The van der Waals surface area contributed by atoms with Gasteiger partial charge in [-0.25, -0.2) is 18.5 Å². The van der Waals surface area contributed by atoms with Gasteiger partial charge in [0.05, 0.1) is 16.8 Å². The molecule has 1 aromatic heterocycles. The molecule has 1 aliphatic heterocycles. The van der Waals surface area contributed by atoms with E-state index in [9.17, 15) is 18.5 Å². The molecule has 2 aromatic rings. The summed E-state index contributed by atoms with van der Waals surface area (Å²) in [5, 5.41) is 19.8. The van der Waals surface area contributed by atoms with Crippen molar-refractivity contribution in [1.82, 2.24) is 9.55 Å². The van der Waals surface area contributed by atoms with Crippen LogP contribution in [-0.2, 0) is 21.8 Å². The van der Waals surface area contributed by atoms with Gasteiger partial charge in [0.25, 0.3) is 5.69 Å². The number of fused-ring (bicyclic) bond motifs is 1. The van der Waals surface area contributed by atoms with Crippen LogP contribution in [0, 0.1) is 16.0 Å². The molecule has 1 aliphatic rings. The van der Waals surface area contributed by atoms with Crippen LogP contribution in [0.15, 0.2) is 17.3 Å². The number of ether oxygens (including phenoxy) is 1. The molecular weight excluding hydrogens is 350 g/mol. The summed E-state index contributed by atoms with van der Waals surface area (Å²) in [5.41, 5.74) is 0.362. The van der Waals surface area contributed by atoms with Gasteiger partial charge < -0.3 is 14.6 Å². The maximum atomic E-state index is 11.8. The zero-order chi connectivity index (χ0) is 18.2. The number of nitrogens with one attached hydrogen (secondary N) is 1. The van der Waals surface area contributed by atoms with Crippen LogP contribution < -0.4 is 10.5 Å². The fraction of sp³-hybridized carbons (Fsp3) is 0.500. The van der Waals surface area contributed by atoms with E-state index in [1.54, 1.807) is 11.6 Å². The Morgan fingerprint density at radius 3 is 2.76 bits per heavy atom. The normalized spacial score (nSPS) is 16.2. The van der Waals surface area contributed by atoms with E-state index in [2.05, 4.69) is 10.3 Å². The maximum Gasteiger partial charge on any atom is 0.296 e. The topological polar surface area (TPSA) is 142 Å². The number of imidazole rings is 1. The molecule has 0 unspecified atom stereocenters. The van der Waals surface area contributed by atoms with Crippen LogP contribution in [0.3, 0.4) is 0 Å². The van der Waals surface area contributed by atoms with E-state index >= 15 is 0 Å². The lowest BCUT2D eigenvalue weighted by molar-refractivity contribution is -0.384. The number of anilines is 1. The SMILES string of the molecule is Cn1cnc2c(S(N)(=O)=O)cc([N+](=O)[O-])c(NCC3CCOCC3)c21. The van der Waals surface area contributed by atoms with E-state index in [0.29, 0.717) is 31.2 Å². The van der Waals surface area contributed by atoms with Crippen molar-refractivity contribution in [3.05, 3.63) is 22.5 Å². The molecule has 0 radical (unpaired) electrons. The van der Waals surface area contributed by atoms with Gasteiger partial charge in [-0.1, -0.05) is 0 Å². The molecular formula is C14H19N5O5S. The highest BCUT2D eigenvalue weighted by atomic mass is 32.2. The van der Waals surface area contributed by atoms with Gasteiger partial charge in [-0.2, -0.15) is 0 Å². The summed E-state index contributed by atoms with van der Waals surface area (Å²) in [4.78, 5) is 14.6. The summed E-state index contributed by atoms with van der Waals surface area (Å²) in [6.45, 7) is 1.86. The Morgan fingerprint density at radius 1 is 1.48 bits per heavy atom.